The summed E-state index contributed by atoms with van der Waals surface area (Å²) in [6.45, 7) is 4.65. The predicted molar refractivity (Wildman–Crippen MR) is 94.1 cm³/mol. The van der Waals surface area contributed by atoms with Crippen molar-refractivity contribution in [2.45, 2.75) is 51.3 Å². The molecule has 26 heavy (non-hydrogen) atoms. The highest BCUT2D eigenvalue weighted by Crippen LogP contribution is 2.49. The van der Waals surface area contributed by atoms with Crippen LogP contribution in [0.4, 0.5) is 0 Å². The molecule has 6 heteroatoms. The van der Waals surface area contributed by atoms with Crippen LogP contribution in [0, 0.1) is 0 Å². The van der Waals surface area contributed by atoms with Crippen molar-refractivity contribution in [2.24, 2.45) is 0 Å². The highest BCUT2D eigenvalue weighted by molar-refractivity contribution is 5.71. The lowest BCUT2D eigenvalue weighted by molar-refractivity contribution is -0.148. The summed E-state index contributed by atoms with van der Waals surface area (Å²) in [6.07, 6.45) is 3.80. The van der Waals surface area contributed by atoms with Crippen molar-refractivity contribution in [3.05, 3.63) is 34.9 Å². The molecule has 4 rings (SSSR count). The topological polar surface area (TPSA) is 65.1 Å². The average molecular weight is 357 g/mol. The van der Waals surface area contributed by atoms with Crippen molar-refractivity contribution >= 4 is 11.9 Å². The molecule has 0 spiro atoms. The Bertz CT molecular complexity index is 800. The molecule has 2 heterocycles. The standard InChI is InChI=1S/C20H23NO5/c1-11(22)25-16-5-4-13-6-7-21-10-14-8-17(24-3)18(26-12(2)23)9-15(14)19(16)20(13)21/h4,8-9,16,19-20H,5-7,10H2,1-3H3. The van der Waals surface area contributed by atoms with Gasteiger partial charge in [0.1, 0.15) is 6.10 Å². The molecule has 1 aromatic rings. The van der Waals surface area contributed by atoms with Crippen LogP contribution < -0.4 is 9.47 Å². The first-order chi connectivity index (χ1) is 12.5. The minimum absolute atomic E-state index is 0.0466. The van der Waals surface area contributed by atoms with Gasteiger partial charge in [-0.15, -0.1) is 0 Å². The molecule has 6 nitrogen and oxygen atoms in total. The van der Waals surface area contributed by atoms with E-state index >= 15 is 0 Å². The minimum atomic E-state index is -0.387. The lowest BCUT2D eigenvalue weighted by Crippen LogP contribution is -2.46. The Kier molecular flexibility index (Phi) is 4.23. The number of hydrogen-bond donors (Lipinski definition) is 0. The third-order valence-electron chi connectivity index (χ3n) is 5.54. The maximum absolute atomic E-state index is 11.6. The third-order valence-corrected chi connectivity index (χ3v) is 5.54. The maximum Gasteiger partial charge on any atom is 0.308 e. The van der Waals surface area contributed by atoms with Gasteiger partial charge in [-0.2, -0.15) is 0 Å². The number of ether oxygens (including phenoxy) is 3. The van der Waals surface area contributed by atoms with Gasteiger partial charge in [-0.25, -0.2) is 0 Å². The SMILES string of the molecule is COc1cc2c(cc1OC(C)=O)C1C(OC(C)=O)CC=C3CCN(C2)C31. The molecule has 1 saturated heterocycles. The first kappa shape index (κ1) is 17.1. The van der Waals surface area contributed by atoms with Crippen LogP contribution in [-0.2, 0) is 20.9 Å². The van der Waals surface area contributed by atoms with Crippen LogP contribution in [0.3, 0.4) is 0 Å². The molecule has 0 amide bonds. The second-order valence-electron chi connectivity index (χ2n) is 7.15. The molecule has 0 N–H and O–H groups in total. The Morgan fingerprint density at radius 3 is 2.65 bits per heavy atom. The van der Waals surface area contributed by atoms with E-state index in [1.165, 1.54) is 19.4 Å². The fraction of sp³-hybridized carbons (Fsp3) is 0.500. The number of benzene rings is 1. The molecule has 1 aromatic carbocycles. The van der Waals surface area contributed by atoms with E-state index in [9.17, 15) is 9.59 Å². The van der Waals surface area contributed by atoms with Crippen molar-refractivity contribution in [1.82, 2.24) is 4.90 Å². The molecule has 3 atom stereocenters. The van der Waals surface area contributed by atoms with Gasteiger partial charge in [0.05, 0.1) is 7.11 Å². The summed E-state index contributed by atoms with van der Waals surface area (Å²) in [5, 5.41) is 0. The maximum atomic E-state index is 11.6. The zero-order valence-corrected chi connectivity index (χ0v) is 15.3. The van der Waals surface area contributed by atoms with Gasteiger partial charge in [0.25, 0.3) is 0 Å². The summed E-state index contributed by atoms with van der Waals surface area (Å²) in [5.41, 5.74) is 3.65. The summed E-state index contributed by atoms with van der Waals surface area (Å²) < 4.78 is 16.5. The second-order valence-corrected chi connectivity index (χ2v) is 7.15. The van der Waals surface area contributed by atoms with E-state index in [0.717, 1.165) is 37.1 Å². The third kappa shape index (κ3) is 2.78. The van der Waals surface area contributed by atoms with Crippen molar-refractivity contribution < 1.29 is 23.8 Å². The zero-order valence-electron chi connectivity index (χ0n) is 15.3. The molecule has 138 valence electrons. The fourth-order valence-corrected chi connectivity index (χ4v) is 4.65. The van der Waals surface area contributed by atoms with Crippen LogP contribution in [0.15, 0.2) is 23.8 Å². The van der Waals surface area contributed by atoms with Gasteiger partial charge in [0.15, 0.2) is 11.5 Å². The van der Waals surface area contributed by atoms with Crippen LogP contribution >= 0.6 is 0 Å². The summed E-state index contributed by atoms with van der Waals surface area (Å²) in [7, 11) is 1.57. The average Bonchev–Trinajstić information content (AvgIpc) is 2.99. The van der Waals surface area contributed by atoms with Crippen LogP contribution in [-0.4, -0.2) is 42.6 Å². The van der Waals surface area contributed by atoms with Gasteiger partial charge in [0, 0.05) is 45.3 Å². The molecule has 3 unspecified atom stereocenters. The van der Waals surface area contributed by atoms with E-state index in [1.807, 2.05) is 12.1 Å². The molecule has 1 fully saturated rings. The summed E-state index contributed by atoms with van der Waals surface area (Å²) in [5.74, 6) is 0.361. The lowest BCUT2D eigenvalue weighted by Gasteiger charge is -2.44. The first-order valence-corrected chi connectivity index (χ1v) is 8.97. The van der Waals surface area contributed by atoms with Crippen LogP contribution in [0.2, 0.25) is 0 Å². The van der Waals surface area contributed by atoms with E-state index in [0.29, 0.717) is 11.5 Å². The number of nitrogens with zero attached hydrogens (tertiary/aromatic N) is 1. The Morgan fingerprint density at radius 2 is 1.96 bits per heavy atom. The highest BCUT2D eigenvalue weighted by atomic mass is 16.6. The number of fused-ring (bicyclic) bond motifs is 2. The van der Waals surface area contributed by atoms with Gasteiger partial charge in [0.2, 0.25) is 0 Å². The Morgan fingerprint density at radius 1 is 1.15 bits per heavy atom. The number of carbonyl (C=O) groups is 2. The number of carbonyl (C=O) groups excluding carboxylic acids is 2. The van der Waals surface area contributed by atoms with Crippen LogP contribution in [0.25, 0.3) is 0 Å². The summed E-state index contributed by atoms with van der Waals surface area (Å²) in [6, 6.07) is 4.10. The second kappa shape index (κ2) is 6.43. The van der Waals surface area contributed by atoms with Crippen LogP contribution in [0.1, 0.15) is 43.7 Å². The van der Waals surface area contributed by atoms with E-state index in [1.54, 1.807) is 7.11 Å². The lowest BCUT2D eigenvalue weighted by atomic mass is 9.74. The van der Waals surface area contributed by atoms with Gasteiger partial charge in [-0.3, -0.25) is 14.5 Å². The zero-order chi connectivity index (χ0) is 18.4. The van der Waals surface area contributed by atoms with Crippen molar-refractivity contribution in [3.63, 3.8) is 0 Å². The molecular formula is C20H23NO5. The fourth-order valence-electron chi connectivity index (χ4n) is 4.65. The van der Waals surface area contributed by atoms with Crippen molar-refractivity contribution in [1.29, 1.82) is 0 Å². The summed E-state index contributed by atoms with van der Waals surface area (Å²) >= 11 is 0. The highest BCUT2D eigenvalue weighted by Gasteiger charge is 2.47. The number of esters is 2. The molecule has 0 radical (unpaired) electrons. The predicted octanol–water partition coefficient (Wildman–Crippen LogP) is 2.55. The van der Waals surface area contributed by atoms with Gasteiger partial charge in [-0.05, 0) is 29.7 Å². The van der Waals surface area contributed by atoms with E-state index < -0.39 is 0 Å². The minimum Gasteiger partial charge on any atom is -0.493 e. The van der Waals surface area contributed by atoms with E-state index in [-0.39, 0.29) is 30.0 Å². The molecular weight excluding hydrogens is 334 g/mol. The number of hydrogen-bond acceptors (Lipinski definition) is 6. The summed E-state index contributed by atoms with van der Waals surface area (Å²) in [4.78, 5) is 25.6. The normalized spacial score (nSPS) is 26.4. The number of rotatable bonds is 3. The van der Waals surface area contributed by atoms with Gasteiger partial charge in [-0.1, -0.05) is 11.6 Å². The molecule has 1 aliphatic carbocycles. The van der Waals surface area contributed by atoms with Crippen LogP contribution in [0.5, 0.6) is 11.5 Å². The molecule has 0 aromatic heterocycles. The molecule has 3 aliphatic rings. The van der Waals surface area contributed by atoms with E-state index in [2.05, 4.69) is 11.0 Å². The largest absolute Gasteiger partial charge is 0.493 e. The van der Waals surface area contributed by atoms with Crippen molar-refractivity contribution in [3.8, 4) is 11.5 Å². The van der Waals surface area contributed by atoms with Crippen molar-refractivity contribution in [2.75, 3.05) is 13.7 Å². The molecule has 0 saturated carbocycles. The molecule has 2 aliphatic heterocycles. The quantitative estimate of drug-likeness (QED) is 0.471. The molecule has 0 bridgehead atoms. The smallest absolute Gasteiger partial charge is 0.308 e. The van der Waals surface area contributed by atoms with E-state index in [4.69, 9.17) is 14.2 Å². The Hall–Kier alpha value is -2.34. The monoisotopic (exact) mass is 357 g/mol. The van der Waals surface area contributed by atoms with Gasteiger partial charge >= 0.3 is 11.9 Å². The Labute approximate surface area is 152 Å². The van der Waals surface area contributed by atoms with Gasteiger partial charge < -0.3 is 14.2 Å². The first-order valence-electron chi connectivity index (χ1n) is 8.97. The number of methoxy groups -OCH3 is 1. The Balaban J connectivity index is 1.82.